The molecule has 1 atom stereocenters. The van der Waals surface area contributed by atoms with Crippen LogP contribution in [-0.4, -0.2) is 56.9 Å². The standard InChI is InChI=1S/C10H21N3O2/c1-3-4-12-10(14)13-5-6-15-9(8-13)7-11-2/h9,11H,3-8H2,1-2H3,(H,12,14). The molecule has 2 N–H and O–H groups in total. The molecule has 1 heterocycles. The molecular weight excluding hydrogens is 194 g/mol. The van der Waals surface area contributed by atoms with Gasteiger partial charge in [-0.25, -0.2) is 4.79 Å². The van der Waals surface area contributed by atoms with Crippen molar-refractivity contribution in [2.75, 3.05) is 39.8 Å². The summed E-state index contributed by atoms with van der Waals surface area (Å²) in [4.78, 5) is 13.5. The van der Waals surface area contributed by atoms with Crippen molar-refractivity contribution in [3.63, 3.8) is 0 Å². The van der Waals surface area contributed by atoms with Crippen LogP contribution in [0.4, 0.5) is 4.79 Å². The third-order valence-corrected chi connectivity index (χ3v) is 2.38. The van der Waals surface area contributed by atoms with E-state index in [0.29, 0.717) is 19.7 Å². The number of hydrogen-bond donors (Lipinski definition) is 2. The first-order chi connectivity index (χ1) is 7.27. The summed E-state index contributed by atoms with van der Waals surface area (Å²) in [6.45, 7) is 5.58. The maximum Gasteiger partial charge on any atom is 0.317 e. The van der Waals surface area contributed by atoms with Gasteiger partial charge in [0.1, 0.15) is 0 Å². The number of morpholine rings is 1. The van der Waals surface area contributed by atoms with E-state index in [9.17, 15) is 4.79 Å². The Morgan fingerprint density at radius 2 is 2.40 bits per heavy atom. The third-order valence-electron chi connectivity index (χ3n) is 2.38. The third kappa shape index (κ3) is 4.05. The topological polar surface area (TPSA) is 53.6 Å². The Labute approximate surface area is 91.2 Å². The number of carbonyl (C=O) groups is 1. The van der Waals surface area contributed by atoms with Crippen LogP contribution >= 0.6 is 0 Å². The van der Waals surface area contributed by atoms with Gasteiger partial charge in [-0.2, -0.15) is 0 Å². The highest BCUT2D eigenvalue weighted by atomic mass is 16.5. The van der Waals surface area contributed by atoms with Crippen LogP contribution in [0, 0.1) is 0 Å². The number of urea groups is 1. The van der Waals surface area contributed by atoms with Gasteiger partial charge in [-0.3, -0.25) is 0 Å². The van der Waals surface area contributed by atoms with E-state index in [2.05, 4.69) is 10.6 Å². The summed E-state index contributed by atoms with van der Waals surface area (Å²) >= 11 is 0. The Bertz CT molecular complexity index is 197. The fourth-order valence-corrected chi connectivity index (χ4v) is 1.60. The molecule has 5 nitrogen and oxygen atoms in total. The van der Waals surface area contributed by atoms with Crippen molar-refractivity contribution < 1.29 is 9.53 Å². The van der Waals surface area contributed by atoms with Crippen molar-refractivity contribution >= 4 is 6.03 Å². The van der Waals surface area contributed by atoms with E-state index in [1.807, 2.05) is 18.9 Å². The van der Waals surface area contributed by atoms with Crippen molar-refractivity contribution in [1.29, 1.82) is 0 Å². The van der Waals surface area contributed by atoms with Crippen molar-refractivity contribution in [1.82, 2.24) is 15.5 Å². The quantitative estimate of drug-likeness (QED) is 0.695. The van der Waals surface area contributed by atoms with Gasteiger partial charge in [0.15, 0.2) is 0 Å². The molecule has 1 aliphatic rings. The average molecular weight is 215 g/mol. The van der Waals surface area contributed by atoms with Gasteiger partial charge in [-0.15, -0.1) is 0 Å². The van der Waals surface area contributed by atoms with E-state index >= 15 is 0 Å². The first kappa shape index (κ1) is 12.3. The number of rotatable bonds is 4. The molecule has 0 saturated carbocycles. The number of amides is 2. The molecule has 0 aliphatic carbocycles. The Balaban J connectivity index is 2.31. The minimum atomic E-state index is 0.0289. The predicted octanol–water partition coefficient (Wildman–Crippen LogP) is 0.0262. The first-order valence-corrected chi connectivity index (χ1v) is 5.57. The summed E-state index contributed by atoms with van der Waals surface area (Å²) in [6.07, 6.45) is 1.09. The maximum absolute atomic E-state index is 11.6. The lowest BCUT2D eigenvalue weighted by molar-refractivity contribution is -0.0119. The number of nitrogens with one attached hydrogen (secondary N) is 2. The Morgan fingerprint density at radius 3 is 3.07 bits per heavy atom. The highest BCUT2D eigenvalue weighted by Gasteiger charge is 2.23. The van der Waals surface area contributed by atoms with E-state index in [0.717, 1.165) is 19.5 Å². The number of ether oxygens (including phenoxy) is 1. The number of carbonyl (C=O) groups excluding carboxylic acids is 1. The van der Waals surface area contributed by atoms with Crippen LogP contribution in [0.25, 0.3) is 0 Å². The maximum atomic E-state index is 11.6. The molecule has 0 aromatic carbocycles. The lowest BCUT2D eigenvalue weighted by Crippen LogP contribution is -2.51. The fourth-order valence-electron chi connectivity index (χ4n) is 1.60. The molecule has 0 radical (unpaired) electrons. The molecule has 0 spiro atoms. The molecule has 2 amide bonds. The smallest absolute Gasteiger partial charge is 0.317 e. The summed E-state index contributed by atoms with van der Waals surface area (Å²) in [5.74, 6) is 0. The fraction of sp³-hybridized carbons (Fsp3) is 0.900. The lowest BCUT2D eigenvalue weighted by atomic mass is 10.3. The lowest BCUT2D eigenvalue weighted by Gasteiger charge is -2.32. The first-order valence-electron chi connectivity index (χ1n) is 5.57. The molecule has 1 rings (SSSR count). The molecule has 1 aliphatic heterocycles. The number of hydrogen-bond acceptors (Lipinski definition) is 3. The van der Waals surface area contributed by atoms with Gasteiger partial charge in [0.05, 0.1) is 12.7 Å². The van der Waals surface area contributed by atoms with Gasteiger partial charge in [-0.1, -0.05) is 6.92 Å². The van der Waals surface area contributed by atoms with Crippen molar-refractivity contribution in [3.8, 4) is 0 Å². The van der Waals surface area contributed by atoms with Crippen LogP contribution < -0.4 is 10.6 Å². The molecule has 1 saturated heterocycles. The van der Waals surface area contributed by atoms with Crippen LogP contribution in [0.2, 0.25) is 0 Å². The van der Waals surface area contributed by atoms with Crippen LogP contribution in [0.15, 0.2) is 0 Å². The van der Waals surface area contributed by atoms with Crippen LogP contribution in [0.5, 0.6) is 0 Å². The van der Waals surface area contributed by atoms with E-state index in [4.69, 9.17) is 4.74 Å². The highest BCUT2D eigenvalue weighted by Crippen LogP contribution is 2.04. The van der Waals surface area contributed by atoms with Gasteiger partial charge in [0.25, 0.3) is 0 Å². The van der Waals surface area contributed by atoms with Crippen LogP contribution in [0.3, 0.4) is 0 Å². The normalized spacial score (nSPS) is 21.5. The van der Waals surface area contributed by atoms with E-state index in [-0.39, 0.29) is 12.1 Å². The van der Waals surface area contributed by atoms with Gasteiger partial charge in [-0.05, 0) is 13.5 Å². The second kappa shape index (κ2) is 6.63. The minimum Gasteiger partial charge on any atom is -0.373 e. The van der Waals surface area contributed by atoms with Crippen LogP contribution in [0.1, 0.15) is 13.3 Å². The van der Waals surface area contributed by atoms with Gasteiger partial charge >= 0.3 is 6.03 Å². The molecule has 5 heteroatoms. The second-order valence-electron chi connectivity index (χ2n) is 3.73. The van der Waals surface area contributed by atoms with Gasteiger partial charge in [0.2, 0.25) is 0 Å². The summed E-state index contributed by atoms with van der Waals surface area (Å²) < 4.78 is 5.52. The molecule has 88 valence electrons. The SMILES string of the molecule is CCCNC(=O)N1CCOC(CNC)C1. The van der Waals surface area contributed by atoms with Crippen molar-refractivity contribution in [2.45, 2.75) is 19.4 Å². The molecule has 0 bridgehead atoms. The monoisotopic (exact) mass is 215 g/mol. The Morgan fingerprint density at radius 1 is 1.60 bits per heavy atom. The number of nitrogens with zero attached hydrogens (tertiary/aromatic N) is 1. The van der Waals surface area contributed by atoms with E-state index < -0.39 is 0 Å². The van der Waals surface area contributed by atoms with Gasteiger partial charge in [0, 0.05) is 26.2 Å². The van der Waals surface area contributed by atoms with Gasteiger partial charge < -0.3 is 20.3 Å². The molecule has 1 unspecified atom stereocenters. The molecule has 1 fully saturated rings. The number of likely N-dealkylation sites (N-methyl/N-ethyl adjacent to an activating group) is 1. The summed E-state index contributed by atoms with van der Waals surface area (Å²) in [5, 5.41) is 5.93. The molecule has 15 heavy (non-hydrogen) atoms. The average Bonchev–Trinajstić information content (AvgIpc) is 2.27. The van der Waals surface area contributed by atoms with Crippen molar-refractivity contribution in [2.24, 2.45) is 0 Å². The molecule has 0 aromatic rings. The van der Waals surface area contributed by atoms with E-state index in [1.165, 1.54) is 0 Å². The Hall–Kier alpha value is -0.810. The minimum absolute atomic E-state index is 0.0289. The van der Waals surface area contributed by atoms with Crippen molar-refractivity contribution in [3.05, 3.63) is 0 Å². The van der Waals surface area contributed by atoms with E-state index in [1.54, 1.807) is 0 Å². The second-order valence-corrected chi connectivity index (χ2v) is 3.73. The Kier molecular flexibility index (Phi) is 5.42. The summed E-state index contributed by atoms with van der Waals surface area (Å²) in [5.41, 5.74) is 0. The zero-order chi connectivity index (χ0) is 11.1. The predicted molar refractivity (Wildman–Crippen MR) is 58.9 cm³/mol. The summed E-state index contributed by atoms with van der Waals surface area (Å²) in [6, 6.07) is 0.0289. The molecule has 0 aromatic heterocycles. The largest absolute Gasteiger partial charge is 0.373 e. The van der Waals surface area contributed by atoms with Crippen LogP contribution in [-0.2, 0) is 4.74 Å². The zero-order valence-electron chi connectivity index (χ0n) is 9.58. The highest BCUT2D eigenvalue weighted by molar-refractivity contribution is 5.74. The zero-order valence-corrected chi connectivity index (χ0v) is 9.58. The summed E-state index contributed by atoms with van der Waals surface area (Å²) in [7, 11) is 1.89. The molecular formula is C10H21N3O2.